The molecule has 27 heavy (non-hydrogen) atoms. The highest BCUT2D eigenvalue weighted by Gasteiger charge is 2.38. The maximum absolute atomic E-state index is 12.5. The Morgan fingerprint density at radius 3 is 2.89 bits per heavy atom. The van der Waals surface area contributed by atoms with Gasteiger partial charge in [-0.1, -0.05) is 29.3 Å². The zero-order valence-electron chi connectivity index (χ0n) is 15.0. The molecule has 8 heteroatoms. The highest BCUT2D eigenvalue weighted by atomic mass is 35.5. The quantitative estimate of drug-likeness (QED) is 0.724. The van der Waals surface area contributed by atoms with E-state index < -0.39 is 10.1 Å². The second-order valence-corrected chi connectivity index (χ2v) is 9.02. The normalized spacial score (nSPS) is 22.2. The Labute approximate surface area is 164 Å². The fourth-order valence-corrected chi connectivity index (χ4v) is 4.79. The van der Waals surface area contributed by atoms with Crippen LogP contribution in [0.5, 0.6) is 0 Å². The van der Waals surface area contributed by atoms with Gasteiger partial charge in [-0.25, -0.2) is 0 Å². The number of ether oxygens (including phenoxy) is 1. The molecule has 2 atom stereocenters. The van der Waals surface area contributed by atoms with E-state index in [4.69, 9.17) is 20.5 Å². The van der Waals surface area contributed by atoms with Gasteiger partial charge in [-0.05, 0) is 31.5 Å². The van der Waals surface area contributed by atoms with Crippen LogP contribution in [0, 0.1) is 12.8 Å². The van der Waals surface area contributed by atoms with E-state index in [1.165, 1.54) is 0 Å². The summed E-state index contributed by atoms with van der Waals surface area (Å²) in [6, 6.07) is 8.62. The lowest BCUT2D eigenvalue weighted by molar-refractivity contribution is 0.0607. The minimum absolute atomic E-state index is 0.0355. The summed E-state index contributed by atoms with van der Waals surface area (Å²) in [5.74, 6) is -0.0355. The first-order valence-corrected chi connectivity index (χ1v) is 10.7. The van der Waals surface area contributed by atoms with E-state index in [1.54, 1.807) is 30.5 Å². The molecule has 0 N–H and O–H groups in total. The summed E-state index contributed by atoms with van der Waals surface area (Å²) in [5, 5.41) is 0.593. The minimum atomic E-state index is -3.80. The summed E-state index contributed by atoms with van der Waals surface area (Å²) in [5.41, 5.74) is 2.92. The van der Waals surface area contributed by atoms with Gasteiger partial charge in [-0.2, -0.15) is 8.42 Å². The summed E-state index contributed by atoms with van der Waals surface area (Å²) in [4.78, 5) is 6.84. The van der Waals surface area contributed by atoms with Gasteiger partial charge in [-0.3, -0.25) is 9.17 Å². The molecular formula is C19H21ClN2O4S. The first kappa shape index (κ1) is 18.7. The molecule has 3 heterocycles. The monoisotopic (exact) mass is 408 g/mol. The number of aromatic nitrogens is 1. The maximum Gasteiger partial charge on any atom is 0.296 e. The predicted molar refractivity (Wildman–Crippen MR) is 103 cm³/mol. The van der Waals surface area contributed by atoms with Gasteiger partial charge in [0.15, 0.2) is 0 Å². The van der Waals surface area contributed by atoms with E-state index in [0.29, 0.717) is 24.7 Å². The Morgan fingerprint density at radius 2 is 2.11 bits per heavy atom. The molecule has 0 bridgehead atoms. The molecule has 2 unspecified atom stereocenters. The van der Waals surface area contributed by atoms with Gasteiger partial charge in [-0.15, -0.1) is 0 Å². The number of hydrogen-bond donors (Lipinski definition) is 0. The van der Waals surface area contributed by atoms with Gasteiger partial charge >= 0.3 is 0 Å². The molecule has 0 spiro atoms. The van der Waals surface area contributed by atoms with Crippen LogP contribution in [0.4, 0.5) is 5.69 Å². The second kappa shape index (κ2) is 7.39. The fraction of sp³-hybridized carbons (Fsp3) is 0.421. The van der Waals surface area contributed by atoms with Crippen molar-refractivity contribution in [1.82, 2.24) is 4.98 Å². The van der Waals surface area contributed by atoms with Crippen LogP contribution in [0.3, 0.4) is 0 Å². The standard InChI is InChI=1S/C19H21ClN2O4S/c1-13-2-4-16(5-3-13)27(23,24)26-11-14-8-17-18(9-15(20)10-21-17)22-6-7-25-12-19(14)22/h2-5,9-10,14,19H,6-8,11-12H2,1H3. The lowest BCUT2D eigenvalue weighted by atomic mass is 9.88. The molecule has 2 aliphatic rings. The third kappa shape index (κ3) is 3.82. The second-order valence-electron chi connectivity index (χ2n) is 6.97. The van der Waals surface area contributed by atoms with Crippen LogP contribution < -0.4 is 4.90 Å². The lowest BCUT2D eigenvalue weighted by Crippen LogP contribution is -2.54. The molecule has 0 radical (unpaired) electrons. The molecule has 2 aromatic rings. The summed E-state index contributed by atoms with van der Waals surface area (Å²) >= 11 is 6.12. The van der Waals surface area contributed by atoms with Crippen molar-refractivity contribution in [3.8, 4) is 0 Å². The Bertz CT molecular complexity index is 933. The van der Waals surface area contributed by atoms with Crippen molar-refractivity contribution in [3.05, 3.63) is 52.8 Å². The molecule has 1 fully saturated rings. The van der Waals surface area contributed by atoms with Gasteiger partial charge < -0.3 is 9.64 Å². The number of benzene rings is 1. The third-order valence-corrected chi connectivity index (χ3v) is 6.64. The first-order chi connectivity index (χ1) is 12.9. The lowest BCUT2D eigenvalue weighted by Gasteiger charge is -2.45. The highest BCUT2D eigenvalue weighted by molar-refractivity contribution is 7.86. The number of aryl methyl sites for hydroxylation is 1. The molecule has 0 amide bonds. The molecule has 0 saturated carbocycles. The van der Waals surface area contributed by atoms with Crippen molar-refractivity contribution >= 4 is 27.4 Å². The Hall–Kier alpha value is -1.67. The SMILES string of the molecule is Cc1ccc(S(=O)(=O)OCC2Cc3ncc(Cl)cc3N3CCOCC23)cc1. The van der Waals surface area contributed by atoms with Crippen LogP contribution in [0.2, 0.25) is 5.02 Å². The van der Waals surface area contributed by atoms with E-state index >= 15 is 0 Å². The largest absolute Gasteiger partial charge is 0.377 e. The van der Waals surface area contributed by atoms with Crippen molar-refractivity contribution in [2.24, 2.45) is 5.92 Å². The topological polar surface area (TPSA) is 68.7 Å². The fourth-order valence-electron chi connectivity index (χ4n) is 3.68. The molecule has 144 valence electrons. The maximum atomic E-state index is 12.5. The van der Waals surface area contributed by atoms with Crippen molar-refractivity contribution in [1.29, 1.82) is 0 Å². The zero-order chi connectivity index (χ0) is 19.0. The molecule has 4 rings (SSSR count). The summed E-state index contributed by atoms with van der Waals surface area (Å²) in [6.07, 6.45) is 2.25. The van der Waals surface area contributed by atoms with E-state index in [1.807, 2.05) is 13.0 Å². The molecule has 1 saturated heterocycles. The average molecular weight is 409 g/mol. The van der Waals surface area contributed by atoms with Gasteiger partial charge in [0.2, 0.25) is 0 Å². The van der Waals surface area contributed by atoms with Gasteiger partial charge in [0.05, 0.1) is 47.2 Å². The first-order valence-electron chi connectivity index (χ1n) is 8.89. The van der Waals surface area contributed by atoms with Crippen LogP contribution >= 0.6 is 11.6 Å². The number of pyridine rings is 1. The van der Waals surface area contributed by atoms with Crippen LogP contribution in [0.1, 0.15) is 11.3 Å². The Morgan fingerprint density at radius 1 is 1.33 bits per heavy atom. The molecular weight excluding hydrogens is 388 g/mol. The van der Waals surface area contributed by atoms with Crippen LogP contribution in [-0.4, -0.2) is 45.8 Å². The number of hydrogen-bond acceptors (Lipinski definition) is 6. The number of nitrogens with zero attached hydrogens (tertiary/aromatic N) is 2. The van der Waals surface area contributed by atoms with Crippen molar-refractivity contribution in [3.63, 3.8) is 0 Å². The van der Waals surface area contributed by atoms with Crippen LogP contribution in [0.25, 0.3) is 0 Å². The van der Waals surface area contributed by atoms with Crippen LogP contribution in [0.15, 0.2) is 41.4 Å². The van der Waals surface area contributed by atoms with E-state index in [2.05, 4.69) is 9.88 Å². The predicted octanol–water partition coefficient (Wildman–Crippen LogP) is 2.83. The molecule has 2 aliphatic heterocycles. The molecule has 1 aromatic heterocycles. The van der Waals surface area contributed by atoms with Gasteiger partial charge in [0.1, 0.15) is 0 Å². The number of fused-ring (bicyclic) bond motifs is 3. The van der Waals surface area contributed by atoms with E-state index in [-0.39, 0.29) is 23.5 Å². The number of halogens is 1. The smallest absolute Gasteiger partial charge is 0.296 e. The van der Waals surface area contributed by atoms with E-state index in [9.17, 15) is 8.42 Å². The number of morpholine rings is 1. The molecule has 6 nitrogen and oxygen atoms in total. The molecule has 0 aliphatic carbocycles. The van der Waals surface area contributed by atoms with Crippen molar-refractivity contribution in [2.45, 2.75) is 24.3 Å². The van der Waals surface area contributed by atoms with Gasteiger partial charge in [0, 0.05) is 18.7 Å². The third-order valence-electron chi connectivity index (χ3n) is 5.14. The number of anilines is 1. The number of rotatable bonds is 4. The van der Waals surface area contributed by atoms with Gasteiger partial charge in [0.25, 0.3) is 10.1 Å². The summed E-state index contributed by atoms with van der Waals surface area (Å²) in [7, 11) is -3.80. The Kier molecular flexibility index (Phi) is 5.11. The van der Waals surface area contributed by atoms with Crippen LogP contribution in [-0.2, 0) is 25.5 Å². The van der Waals surface area contributed by atoms with Crippen molar-refractivity contribution < 1.29 is 17.3 Å². The summed E-state index contributed by atoms with van der Waals surface area (Å²) in [6.45, 7) is 3.88. The van der Waals surface area contributed by atoms with Crippen molar-refractivity contribution in [2.75, 3.05) is 31.3 Å². The summed E-state index contributed by atoms with van der Waals surface area (Å²) < 4.78 is 36.1. The Balaban J connectivity index is 1.55. The average Bonchev–Trinajstić information content (AvgIpc) is 2.67. The van der Waals surface area contributed by atoms with E-state index in [0.717, 1.165) is 23.5 Å². The zero-order valence-corrected chi connectivity index (χ0v) is 16.5. The minimum Gasteiger partial charge on any atom is -0.377 e. The highest BCUT2D eigenvalue weighted by Crippen LogP contribution is 2.36. The molecule has 1 aromatic carbocycles.